The minimum Gasteiger partial charge on any atom is -0.376 e. The Labute approximate surface area is 235 Å². The standard InChI is InChI=1S/C27H34N6O3.2ClH/c1-18-11-25-23(19(2)30-36-25)12-24(18)29-13-26(34)32(16-22-9-6-10-28-22)17-27(35)31(3)33-14-20-7-4-5-8-21(20)15-33;;/h4-5,7-8,11-12,22,28-29H,6,9-10,13-17H2,1-3H3;2*1H/t22-;;/m0../s1. The van der Waals surface area contributed by atoms with Crippen molar-refractivity contribution >= 4 is 53.3 Å². The van der Waals surface area contributed by atoms with E-state index in [1.165, 1.54) is 11.1 Å². The smallest absolute Gasteiger partial charge is 0.256 e. The number of aromatic nitrogens is 1. The van der Waals surface area contributed by atoms with Gasteiger partial charge in [-0.1, -0.05) is 29.4 Å². The number of hydrogen-bond acceptors (Lipinski definition) is 7. The number of amides is 2. The van der Waals surface area contributed by atoms with E-state index in [-0.39, 0.29) is 55.8 Å². The third kappa shape index (κ3) is 6.40. The monoisotopic (exact) mass is 562 g/mol. The normalized spacial score (nSPS) is 16.4. The van der Waals surface area contributed by atoms with Gasteiger partial charge in [0.15, 0.2) is 5.58 Å². The number of halogens is 2. The molecule has 38 heavy (non-hydrogen) atoms. The number of benzene rings is 2. The first-order valence-electron chi connectivity index (χ1n) is 12.6. The summed E-state index contributed by atoms with van der Waals surface area (Å²) in [5.41, 5.74) is 5.85. The Balaban J connectivity index is 0.00000200. The average Bonchev–Trinajstić information content (AvgIpc) is 3.62. The Morgan fingerprint density at radius 3 is 2.50 bits per heavy atom. The molecule has 0 radical (unpaired) electrons. The van der Waals surface area contributed by atoms with Gasteiger partial charge in [-0.3, -0.25) is 14.6 Å². The molecule has 2 amide bonds. The van der Waals surface area contributed by atoms with Gasteiger partial charge in [-0.25, -0.2) is 5.01 Å². The summed E-state index contributed by atoms with van der Waals surface area (Å²) < 4.78 is 5.35. The predicted octanol–water partition coefficient (Wildman–Crippen LogP) is 3.67. The number of nitrogens with zero attached hydrogens (tertiary/aromatic N) is 4. The Kier molecular flexibility index (Phi) is 10.0. The van der Waals surface area contributed by atoms with Crippen molar-refractivity contribution in [2.24, 2.45) is 0 Å². The zero-order valence-corrected chi connectivity index (χ0v) is 23.7. The molecule has 3 heterocycles. The lowest BCUT2D eigenvalue weighted by atomic mass is 10.1. The molecule has 1 saturated heterocycles. The first-order valence-corrected chi connectivity index (χ1v) is 12.6. The number of carbonyl (C=O) groups excluding carboxylic acids is 2. The highest BCUT2D eigenvalue weighted by Gasteiger charge is 2.28. The number of rotatable bonds is 8. The first-order chi connectivity index (χ1) is 17.4. The molecule has 1 atom stereocenters. The van der Waals surface area contributed by atoms with Gasteiger partial charge in [0.25, 0.3) is 5.91 Å². The van der Waals surface area contributed by atoms with Crippen molar-refractivity contribution in [3.05, 3.63) is 58.8 Å². The number of hydrazine groups is 1. The largest absolute Gasteiger partial charge is 0.376 e. The molecular formula is C27H36Cl2N6O3. The second kappa shape index (κ2) is 12.8. The Morgan fingerprint density at radius 2 is 1.84 bits per heavy atom. The van der Waals surface area contributed by atoms with Gasteiger partial charge < -0.3 is 20.1 Å². The number of hydrogen-bond donors (Lipinski definition) is 2. The molecular weight excluding hydrogens is 527 g/mol. The molecule has 2 aliphatic heterocycles. The van der Waals surface area contributed by atoms with Crippen LogP contribution in [0.5, 0.6) is 0 Å². The molecule has 11 heteroatoms. The Morgan fingerprint density at radius 1 is 1.13 bits per heavy atom. The van der Waals surface area contributed by atoms with Crippen LogP contribution in [0.2, 0.25) is 0 Å². The summed E-state index contributed by atoms with van der Waals surface area (Å²) in [4.78, 5) is 28.4. The van der Waals surface area contributed by atoms with Gasteiger partial charge in [0.1, 0.15) is 6.54 Å². The van der Waals surface area contributed by atoms with Gasteiger partial charge in [0, 0.05) is 43.8 Å². The Hall–Kier alpha value is -2.85. The number of fused-ring (bicyclic) bond motifs is 2. The molecule has 1 fully saturated rings. The van der Waals surface area contributed by atoms with E-state index in [4.69, 9.17) is 4.52 Å². The first kappa shape index (κ1) is 29.7. The maximum absolute atomic E-state index is 13.4. The highest BCUT2D eigenvalue weighted by atomic mass is 35.5. The predicted molar refractivity (Wildman–Crippen MR) is 153 cm³/mol. The van der Waals surface area contributed by atoms with Crippen LogP contribution in [0.25, 0.3) is 11.0 Å². The molecule has 0 saturated carbocycles. The summed E-state index contributed by atoms with van der Waals surface area (Å²) >= 11 is 0. The molecule has 0 unspecified atom stereocenters. The van der Waals surface area contributed by atoms with Gasteiger partial charge in [0.05, 0.1) is 12.2 Å². The lowest BCUT2D eigenvalue weighted by Crippen LogP contribution is -2.50. The summed E-state index contributed by atoms with van der Waals surface area (Å²) in [5, 5.41) is 15.4. The van der Waals surface area contributed by atoms with Crippen LogP contribution in [0.4, 0.5) is 5.69 Å². The molecule has 0 aliphatic carbocycles. The highest BCUT2D eigenvalue weighted by Crippen LogP contribution is 2.26. The number of nitrogens with one attached hydrogen (secondary N) is 2. The molecule has 3 aromatic rings. The molecule has 206 valence electrons. The summed E-state index contributed by atoms with van der Waals surface area (Å²) in [6.45, 7) is 6.88. The van der Waals surface area contributed by atoms with E-state index in [0.717, 1.165) is 47.3 Å². The van der Waals surface area contributed by atoms with E-state index in [1.807, 2.05) is 43.1 Å². The number of aryl methyl sites for hydroxylation is 2. The molecule has 2 aliphatic rings. The SMILES string of the molecule is Cc1cc2onc(C)c2cc1NCC(=O)N(CC(=O)N(C)N1Cc2ccccc2C1)C[C@@H]1CCCN1.Cl.Cl. The molecule has 0 bridgehead atoms. The number of likely N-dealkylation sites (N-methyl/N-ethyl adjacent to an activating group) is 1. The van der Waals surface area contributed by atoms with Crippen molar-refractivity contribution < 1.29 is 14.1 Å². The molecule has 5 rings (SSSR count). The second-order valence-electron chi connectivity index (χ2n) is 9.86. The Bertz CT molecular complexity index is 1250. The summed E-state index contributed by atoms with van der Waals surface area (Å²) in [5.74, 6) is -0.191. The third-order valence-corrected chi connectivity index (χ3v) is 7.32. The summed E-state index contributed by atoms with van der Waals surface area (Å²) in [6.07, 6.45) is 2.09. The number of anilines is 1. The highest BCUT2D eigenvalue weighted by molar-refractivity contribution is 5.89. The molecule has 0 spiro atoms. The van der Waals surface area contributed by atoms with E-state index < -0.39 is 0 Å². The zero-order valence-electron chi connectivity index (χ0n) is 22.0. The van der Waals surface area contributed by atoms with Gasteiger partial charge >= 0.3 is 0 Å². The topological polar surface area (TPSA) is 93.9 Å². The molecule has 9 nitrogen and oxygen atoms in total. The van der Waals surface area contributed by atoms with E-state index in [0.29, 0.717) is 19.6 Å². The zero-order chi connectivity index (χ0) is 25.2. The van der Waals surface area contributed by atoms with Gasteiger partial charge in [-0.2, -0.15) is 0 Å². The minimum absolute atomic E-state index is 0. The van der Waals surface area contributed by atoms with Gasteiger partial charge in [-0.15, -0.1) is 24.8 Å². The van der Waals surface area contributed by atoms with Crippen LogP contribution in [0.15, 0.2) is 40.9 Å². The fourth-order valence-electron chi connectivity index (χ4n) is 5.06. The fourth-order valence-corrected chi connectivity index (χ4v) is 5.06. The van der Waals surface area contributed by atoms with E-state index in [9.17, 15) is 9.59 Å². The fraction of sp³-hybridized carbons (Fsp3) is 0.444. The minimum atomic E-state index is -0.100. The maximum atomic E-state index is 13.4. The lowest BCUT2D eigenvalue weighted by molar-refractivity contribution is -0.151. The summed E-state index contributed by atoms with van der Waals surface area (Å²) in [6, 6.07) is 12.3. The van der Waals surface area contributed by atoms with Crippen LogP contribution in [-0.4, -0.2) is 71.2 Å². The van der Waals surface area contributed by atoms with Crippen molar-refractivity contribution in [3.63, 3.8) is 0 Å². The van der Waals surface area contributed by atoms with Crippen LogP contribution in [0.1, 0.15) is 35.2 Å². The summed E-state index contributed by atoms with van der Waals surface area (Å²) in [7, 11) is 1.79. The van der Waals surface area contributed by atoms with Crippen LogP contribution in [0.3, 0.4) is 0 Å². The van der Waals surface area contributed by atoms with Crippen molar-refractivity contribution in [2.45, 2.75) is 45.8 Å². The third-order valence-electron chi connectivity index (χ3n) is 7.32. The van der Waals surface area contributed by atoms with E-state index in [1.54, 1.807) is 17.0 Å². The molecule has 2 N–H and O–H groups in total. The van der Waals surface area contributed by atoms with Crippen molar-refractivity contribution in [2.75, 3.05) is 38.5 Å². The van der Waals surface area contributed by atoms with Crippen LogP contribution in [0, 0.1) is 13.8 Å². The van der Waals surface area contributed by atoms with Crippen molar-refractivity contribution in [1.29, 1.82) is 0 Å². The van der Waals surface area contributed by atoms with Gasteiger partial charge in [-0.05, 0) is 62.1 Å². The van der Waals surface area contributed by atoms with E-state index in [2.05, 4.69) is 27.9 Å². The van der Waals surface area contributed by atoms with Crippen molar-refractivity contribution in [3.8, 4) is 0 Å². The average molecular weight is 564 g/mol. The molecule has 2 aromatic carbocycles. The van der Waals surface area contributed by atoms with Crippen LogP contribution < -0.4 is 10.6 Å². The van der Waals surface area contributed by atoms with Gasteiger partial charge in [0.2, 0.25) is 5.91 Å². The van der Waals surface area contributed by atoms with E-state index >= 15 is 0 Å². The number of carbonyl (C=O) groups is 2. The second-order valence-corrected chi connectivity index (χ2v) is 9.86. The molecule has 1 aromatic heterocycles. The van der Waals surface area contributed by atoms with Crippen LogP contribution >= 0.6 is 24.8 Å². The quantitative estimate of drug-likeness (QED) is 0.432. The lowest BCUT2D eigenvalue weighted by Gasteiger charge is -2.32. The van der Waals surface area contributed by atoms with Crippen molar-refractivity contribution in [1.82, 2.24) is 25.4 Å². The maximum Gasteiger partial charge on any atom is 0.256 e. The van der Waals surface area contributed by atoms with Crippen LogP contribution in [-0.2, 0) is 22.7 Å².